The van der Waals surface area contributed by atoms with Gasteiger partial charge in [-0.1, -0.05) is 0 Å². The summed E-state index contributed by atoms with van der Waals surface area (Å²) >= 11 is 0. The Morgan fingerprint density at radius 2 is 1.93 bits per heavy atom. The summed E-state index contributed by atoms with van der Waals surface area (Å²) in [6.07, 6.45) is 3.33. The number of nitrogens with one attached hydrogen (secondary N) is 1. The molecular formula is C10H22ClNO2. The summed E-state index contributed by atoms with van der Waals surface area (Å²) in [6.45, 7) is 6.44. The molecule has 14 heavy (non-hydrogen) atoms. The Morgan fingerprint density at radius 3 is 2.43 bits per heavy atom. The van der Waals surface area contributed by atoms with Crippen molar-refractivity contribution in [2.75, 3.05) is 19.7 Å². The van der Waals surface area contributed by atoms with Crippen molar-refractivity contribution in [3.63, 3.8) is 0 Å². The van der Waals surface area contributed by atoms with Gasteiger partial charge in [-0.3, -0.25) is 0 Å². The zero-order valence-electron chi connectivity index (χ0n) is 9.08. The molecule has 0 aromatic heterocycles. The van der Waals surface area contributed by atoms with Crippen LogP contribution in [0.3, 0.4) is 0 Å². The van der Waals surface area contributed by atoms with Crippen LogP contribution in [0.25, 0.3) is 0 Å². The molecule has 1 aliphatic rings. The number of hydrogen-bond acceptors (Lipinski definition) is 3. The van der Waals surface area contributed by atoms with Gasteiger partial charge in [-0.05, 0) is 46.2 Å². The first-order chi connectivity index (χ1) is 6.08. The molecule has 0 saturated carbocycles. The molecule has 1 saturated heterocycles. The minimum Gasteiger partial charge on any atom is -0.390 e. The summed E-state index contributed by atoms with van der Waals surface area (Å²) in [5, 5.41) is 12.7. The van der Waals surface area contributed by atoms with Gasteiger partial charge >= 0.3 is 0 Å². The lowest BCUT2D eigenvalue weighted by molar-refractivity contribution is -0.0112. The molecule has 0 aliphatic carbocycles. The van der Waals surface area contributed by atoms with E-state index in [9.17, 15) is 5.11 Å². The van der Waals surface area contributed by atoms with Crippen LogP contribution in [-0.4, -0.2) is 36.5 Å². The van der Waals surface area contributed by atoms with Crippen molar-refractivity contribution in [2.45, 2.75) is 44.8 Å². The predicted octanol–water partition coefficient (Wildman–Crippen LogP) is 1.34. The Bertz CT molecular complexity index is 142. The number of rotatable bonds is 4. The third kappa shape index (κ3) is 6.60. The average molecular weight is 224 g/mol. The molecule has 0 aromatic rings. The first-order valence-electron chi connectivity index (χ1n) is 5.13. The van der Waals surface area contributed by atoms with Crippen molar-refractivity contribution in [3.8, 4) is 0 Å². The van der Waals surface area contributed by atoms with Crippen molar-refractivity contribution < 1.29 is 9.84 Å². The van der Waals surface area contributed by atoms with E-state index >= 15 is 0 Å². The van der Waals surface area contributed by atoms with Crippen molar-refractivity contribution in [3.05, 3.63) is 0 Å². The summed E-state index contributed by atoms with van der Waals surface area (Å²) in [7, 11) is 0. The average Bonchev–Trinajstić information content (AvgIpc) is 2.04. The third-order valence-corrected chi connectivity index (χ3v) is 2.35. The minimum atomic E-state index is -0.590. The molecule has 0 atom stereocenters. The molecule has 1 heterocycles. The molecular weight excluding hydrogens is 202 g/mol. The van der Waals surface area contributed by atoms with E-state index in [2.05, 4.69) is 5.32 Å². The fourth-order valence-electron chi connectivity index (χ4n) is 1.44. The van der Waals surface area contributed by atoms with Gasteiger partial charge < -0.3 is 15.2 Å². The highest BCUT2D eigenvalue weighted by Gasteiger charge is 2.16. The molecule has 0 aromatic carbocycles. The highest BCUT2D eigenvalue weighted by atomic mass is 35.5. The number of ether oxygens (including phenoxy) is 1. The molecule has 1 aliphatic heterocycles. The van der Waals surface area contributed by atoms with Crippen LogP contribution in [0, 0.1) is 0 Å². The van der Waals surface area contributed by atoms with Crippen molar-refractivity contribution in [1.29, 1.82) is 0 Å². The number of aliphatic hydroxyl groups is 1. The molecule has 3 nitrogen and oxygen atoms in total. The normalized spacial score (nSPS) is 19.1. The van der Waals surface area contributed by atoms with E-state index in [4.69, 9.17) is 4.74 Å². The number of halogens is 1. The van der Waals surface area contributed by atoms with Crippen LogP contribution in [0.15, 0.2) is 0 Å². The van der Waals surface area contributed by atoms with E-state index in [0.29, 0.717) is 12.7 Å². The SMILES string of the molecule is CC(C)(O)CCOC1CCNCC1.Cl. The van der Waals surface area contributed by atoms with Gasteiger partial charge in [0.05, 0.1) is 11.7 Å². The summed E-state index contributed by atoms with van der Waals surface area (Å²) in [4.78, 5) is 0. The van der Waals surface area contributed by atoms with Crippen LogP contribution in [0.1, 0.15) is 33.1 Å². The van der Waals surface area contributed by atoms with Crippen LogP contribution in [-0.2, 0) is 4.74 Å². The summed E-state index contributed by atoms with van der Waals surface area (Å²) < 4.78 is 5.66. The van der Waals surface area contributed by atoms with Crippen molar-refractivity contribution in [1.82, 2.24) is 5.32 Å². The molecule has 0 unspecified atom stereocenters. The van der Waals surface area contributed by atoms with Gasteiger partial charge in [-0.25, -0.2) is 0 Å². The molecule has 4 heteroatoms. The Balaban J connectivity index is 0.00000169. The van der Waals surface area contributed by atoms with E-state index in [0.717, 1.165) is 32.4 Å². The quantitative estimate of drug-likeness (QED) is 0.756. The Labute approximate surface area is 92.6 Å². The maximum atomic E-state index is 9.45. The van der Waals surface area contributed by atoms with E-state index in [1.54, 1.807) is 0 Å². The smallest absolute Gasteiger partial charge is 0.0613 e. The highest BCUT2D eigenvalue weighted by Crippen LogP contribution is 2.11. The van der Waals surface area contributed by atoms with Gasteiger partial charge in [0.15, 0.2) is 0 Å². The topological polar surface area (TPSA) is 41.5 Å². The van der Waals surface area contributed by atoms with Crippen LogP contribution in [0.4, 0.5) is 0 Å². The van der Waals surface area contributed by atoms with E-state index in [-0.39, 0.29) is 12.4 Å². The first kappa shape index (κ1) is 14.2. The lowest BCUT2D eigenvalue weighted by Gasteiger charge is -2.24. The van der Waals surface area contributed by atoms with Gasteiger partial charge in [0.2, 0.25) is 0 Å². The van der Waals surface area contributed by atoms with Crippen LogP contribution in [0.5, 0.6) is 0 Å². The third-order valence-electron chi connectivity index (χ3n) is 2.35. The lowest BCUT2D eigenvalue weighted by Crippen LogP contribution is -2.33. The Morgan fingerprint density at radius 1 is 1.36 bits per heavy atom. The molecule has 0 spiro atoms. The molecule has 0 radical (unpaired) electrons. The van der Waals surface area contributed by atoms with Crippen LogP contribution >= 0.6 is 12.4 Å². The monoisotopic (exact) mass is 223 g/mol. The second-order valence-electron chi connectivity index (χ2n) is 4.38. The number of hydrogen-bond donors (Lipinski definition) is 2. The molecule has 86 valence electrons. The highest BCUT2D eigenvalue weighted by molar-refractivity contribution is 5.85. The molecule has 0 amide bonds. The van der Waals surface area contributed by atoms with Gasteiger partial charge in [0.1, 0.15) is 0 Å². The van der Waals surface area contributed by atoms with Gasteiger partial charge in [-0.15, -0.1) is 12.4 Å². The molecule has 1 fully saturated rings. The van der Waals surface area contributed by atoms with Gasteiger partial charge in [0, 0.05) is 6.61 Å². The van der Waals surface area contributed by atoms with Gasteiger partial charge in [0.25, 0.3) is 0 Å². The zero-order chi connectivity index (χ0) is 9.73. The fraction of sp³-hybridized carbons (Fsp3) is 1.00. The second-order valence-corrected chi connectivity index (χ2v) is 4.38. The summed E-state index contributed by atoms with van der Waals surface area (Å²) in [5.41, 5.74) is -0.590. The first-order valence-corrected chi connectivity index (χ1v) is 5.13. The summed E-state index contributed by atoms with van der Waals surface area (Å²) in [6, 6.07) is 0. The standard InChI is InChI=1S/C10H21NO2.ClH/c1-10(2,12)5-8-13-9-3-6-11-7-4-9;/h9,11-12H,3-8H2,1-2H3;1H. The maximum Gasteiger partial charge on any atom is 0.0613 e. The Kier molecular flexibility index (Phi) is 6.70. The maximum absolute atomic E-state index is 9.45. The number of piperidine rings is 1. The second kappa shape index (κ2) is 6.62. The lowest BCUT2D eigenvalue weighted by atomic mass is 10.1. The largest absolute Gasteiger partial charge is 0.390 e. The predicted molar refractivity (Wildman–Crippen MR) is 60.0 cm³/mol. The zero-order valence-corrected chi connectivity index (χ0v) is 9.90. The van der Waals surface area contributed by atoms with E-state index in [1.165, 1.54) is 0 Å². The van der Waals surface area contributed by atoms with Gasteiger partial charge in [-0.2, -0.15) is 0 Å². The summed E-state index contributed by atoms with van der Waals surface area (Å²) in [5.74, 6) is 0. The van der Waals surface area contributed by atoms with Crippen LogP contribution < -0.4 is 5.32 Å². The molecule has 2 N–H and O–H groups in total. The van der Waals surface area contributed by atoms with Crippen molar-refractivity contribution in [2.24, 2.45) is 0 Å². The fourth-order valence-corrected chi connectivity index (χ4v) is 1.44. The van der Waals surface area contributed by atoms with E-state index in [1.807, 2.05) is 13.8 Å². The Hall–Kier alpha value is 0.170. The molecule has 1 rings (SSSR count). The minimum absolute atomic E-state index is 0. The molecule has 0 bridgehead atoms. The van der Waals surface area contributed by atoms with E-state index < -0.39 is 5.60 Å². The van der Waals surface area contributed by atoms with Crippen LogP contribution in [0.2, 0.25) is 0 Å². The van der Waals surface area contributed by atoms with Crippen molar-refractivity contribution >= 4 is 12.4 Å².